The maximum absolute atomic E-state index is 13.4. The molecule has 1 aromatic carbocycles. The SMILES string of the molecule is CC(O)CCN(C)Cc1cc(F)cc(C(N)=S)c1. The molecule has 0 aliphatic rings. The van der Waals surface area contributed by atoms with Gasteiger partial charge in [-0.3, -0.25) is 0 Å². The van der Waals surface area contributed by atoms with Crippen molar-refractivity contribution in [3.63, 3.8) is 0 Å². The number of aliphatic hydroxyl groups excluding tert-OH is 1. The molecule has 0 heterocycles. The normalized spacial score (nSPS) is 12.7. The fourth-order valence-electron chi connectivity index (χ4n) is 1.68. The number of nitrogens with two attached hydrogens (primary N) is 1. The first-order valence-electron chi connectivity index (χ1n) is 5.84. The predicted molar refractivity (Wildman–Crippen MR) is 74.9 cm³/mol. The molecule has 1 atom stereocenters. The van der Waals surface area contributed by atoms with Gasteiger partial charge in [0.1, 0.15) is 10.8 Å². The van der Waals surface area contributed by atoms with Crippen LogP contribution < -0.4 is 5.73 Å². The van der Waals surface area contributed by atoms with Crippen molar-refractivity contribution in [1.82, 2.24) is 4.90 Å². The second-order valence-corrected chi connectivity index (χ2v) is 5.03. The third-order valence-corrected chi connectivity index (χ3v) is 2.86. The van der Waals surface area contributed by atoms with E-state index >= 15 is 0 Å². The van der Waals surface area contributed by atoms with Crippen molar-refractivity contribution in [2.24, 2.45) is 5.73 Å². The summed E-state index contributed by atoms with van der Waals surface area (Å²) in [7, 11) is 1.92. The van der Waals surface area contributed by atoms with Crippen LogP contribution in [0.1, 0.15) is 24.5 Å². The number of hydrogen-bond donors (Lipinski definition) is 2. The molecule has 1 aromatic rings. The molecule has 0 amide bonds. The van der Waals surface area contributed by atoms with Crippen LogP contribution in [-0.4, -0.2) is 34.7 Å². The minimum Gasteiger partial charge on any atom is -0.393 e. The van der Waals surface area contributed by atoms with Crippen molar-refractivity contribution in [2.45, 2.75) is 26.0 Å². The maximum Gasteiger partial charge on any atom is 0.124 e. The molecular weight excluding hydrogens is 251 g/mol. The van der Waals surface area contributed by atoms with Crippen LogP contribution in [0.15, 0.2) is 18.2 Å². The molecule has 0 radical (unpaired) electrons. The summed E-state index contributed by atoms with van der Waals surface area (Å²) < 4.78 is 13.4. The van der Waals surface area contributed by atoms with E-state index in [-0.39, 0.29) is 16.9 Å². The topological polar surface area (TPSA) is 49.5 Å². The summed E-state index contributed by atoms with van der Waals surface area (Å²) >= 11 is 4.84. The molecule has 0 fully saturated rings. The summed E-state index contributed by atoms with van der Waals surface area (Å²) in [6.45, 7) is 3.09. The predicted octanol–water partition coefficient (Wildman–Crippen LogP) is 1.66. The van der Waals surface area contributed by atoms with E-state index in [1.54, 1.807) is 13.0 Å². The Labute approximate surface area is 112 Å². The molecule has 0 saturated heterocycles. The van der Waals surface area contributed by atoms with Gasteiger partial charge in [0.05, 0.1) is 6.10 Å². The van der Waals surface area contributed by atoms with Crippen molar-refractivity contribution in [2.75, 3.05) is 13.6 Å². The van der Waals surface area contributed by atoms with Crippen molar-refractivity contribution in [1.29, 1.82) is 0 Å². The molecular formula is C13H19FN2OS. The third kappa shape index (κ3) is 5.08. The Morgan fingerprint density at radius 2 is 2.17 bits per heavy atom. The third-order valence-electron chi connectivity index (χ3n) is 2.62. The number of benzene rings is 1. The van der Waals surface area contributed by atoms with Crippen molar-refractivity contribution in [3.8, 4) is 0 Å². The molecule has 0 aliphatic heterocycles. The average molecular weight is 270 g/mol. The van der Waals surface area contributed by atoms with Gasteiger partial charge < -0.3 is 15.7 Å². The van der Waals surface area contributed by atoms with Crippen molar-refractivity contribution >= 4 is 17.2 Å². The molecule has 3 N–H and O–H groups in total. The van der Waals surface area contributed by atoms with E-state index in [1.165, 1.54) is 12.1 Å². The molecule has 1 unspecified atom stereocenters. The minimum atomic E-state index is -0.334. The molecule has 5 heteroatoms. The first-order valence-corrected chi connectivity index (χ1v) is 6.25. The van der Waals surface area contributed by atoms with Crippen molar-refractivity contribution < 1.29 is 9.50 Å². The standard InChI is InChI=1S/C13H19FN2OS/c1-9(17)3-4-16(2)8-10-5-11(13(15)18)7-12(14)6-10/h5-7,9,17H,3-4,8H2,1-2H3,(H2,15,18). The zero-order valence-electron chi connectivity index (χ0n) is 10.7. The highest BCUT2D eigenvalue weighted by Gasteiger charge is 2.06. The lowest BCUT2D eigenvalue weighted by atomic mass is 10.1. The van der Waals surface area contributed by atoms with E-state index in [0.29, 0.717) is 18.5 Å². The fourth-order valence-corrected chi connectivity index (χ4v) is 1.80. The second kappa shape index (κ2) is 6.78. The highest BCUT2D eigenvalue weighted by molar-refractivity contribution is 7.80. The average Bonchev–Trinajstić information content (AvgIpc) is 2.25. The van der Waals surface area contributed by atoms with Gasteiger partial charge in [-0.2, -0.15) is 0 Å². The van der Waals surface area contributed by atoms with Crippen LogP contribution in [0.3, 0.4) is 0 Å². The Balaban J connectivity index is 2.69. The number of nitrogens with zero attached hydrogens (tertiary/aromatic N) is 1. The van der Waals surface area contributed by atoms with Crippen LogP contribution in [0.5, 0.6) is 0 Å². The summed E-state index contributed by atoms with van der Waals surface area (Å²) in [5.41, 5.74) is 6.87. The largest absolute Gasteiger partial charge is 0.393 e. The molecule has 3 nitrogen and oxygen atoms in total. The molecule has 0 aromatic heterocycles. The lowest BCUT2D eigenvalue weighted by Gasteiger charge is -2.18. The van der Waals surface area contributed by atoms with Gasteiger partial charge in [-0.05, 0) is 44.2 Å². The van der Waals surface area contributed by atoms with Gasteiger partial charge in [-0.15, -0.1) is 0 Å². The molecule has 1 rings (SSSR count). The molecule has 0 spiro atoms. The quantitative estimate of drug-likeness (QED) is 0.772. The Bertz CT molecular complexity index is 423. The first kappa shape index (κ1) is 15.0. The summed E-state index contributed by atoms with van der Waals surface area (Å²) in [6, 6.07) is 4.60. The van der Waals surface area contributed by atoms with Crippen LogP contribution >= 0.6 is 12.2 Å². The Morgan fingerprint density at radius 3 is 2.72 bits per heavy atom. The summed E-state index contributed by atoms with van der Waals surface area (Å²) in [5.74, 6) is -0.334. The molecule has 0 aliphatic carbocycles. The zero-order valence-corrected chi connectivity index (χ0v) is 11.5. The Kier molecular flexibility index (Phi) is 5.65. The van der Waals surface area contributed by atoms with E-state index in [0.717, 1.165) is 12.1 Å². The van der Waals surface area contributed by atoms with E-state index < -0.39 is 0 Å². The fraction of sp³-hybridized carbons (Fsp3) is 0.462. The van der Waals surface area contributed by atoms with Crippen LogP contribution in [0.2, 0.25) is 0 Å². The van der Waals surface area contributed by atoms with Gasteiger partial charge in [-0.1, -0.05) is 12.2 Å². The van der Waals surface area contributed by atoms with Gasteiger partial charge in [0.15, 0.2) is 0 Å². The molecule has 0 bridgehead atoms. The smallest absolute Gasteiger partial charge is 0.124 e. The molecule has 0 saturated carbocycles. The van der Waals surface area contributed by atoms with Gasteiger partial charge in [0.25, 0.3) is 0 Å². The Morgan fingerprint density at radius 1 is 1.50 bits per heavy atom. The van der Waals surface area contributed by atoms with Crippen LogP contribution in [0.4, 0.5) is 4.39 Å². The maximum atomic E-state index is 13.4. The van der Waals surface area contributed by atoms with E-state index in [2.05, 4.69) is 0 Å². The molecule has 100 valence electrons. The lowest BCUT2D eigenvalue weighted by molar-refractivity contribution is 0.163. The van der Waals surface area contributed by atoms with Crippen LogP contribution in [0.25, 0.3) is 0 Å². The van der Waals surface area contributed by atoms with Crippen molar-refractivity contribution in [3.05, 3.63) is 35.1 Å². The zero-order chi connectivity index (χ0) is 13.7. The number of rotatable bonds is 6. The monoisotopic (exact) mass is 270 g/mol. The summed E-state index contributed by atoms with van der Waals surface area (Å²) in [6.07, 6.45) is 0.362. The number of halogens is 1. The number of hydrogen-bond acceptors (Lipinski definition) is 3. The van der Waals surface area contributed by atoms with Gasteiger partial charge >= 0.3 is 0 Å². The van der Waals surface area contributed by atoms with Gasteiger partial charge in [0, 0.05) is 18.7 Å². The number of aliphatic hydroxyl groups is 1. The second-order valence-electron chi connectivity index (χ2n) is 4.59. The summed E-state index contributed by atoms with van der Waals surface area (Å²) in [5, 5.41) is 9.21. The van der Waals surface area contributed by atoms with E-state index in [1.807, 2.05) is 11.9 Å². The van der Waals surface area contributed by atoms with E-state index in [9.17, 15) is 9.50 Å². The van der Waals surface area contributed by atoms with Crippen LogP contribution in [0, 0.1) is 5.82 Å². The van der Waals surface area contributed by atoms with E-state index in [4.69, 9.17) is 18.0 Å². The lowest BCUT2D eigenvalue weighted by Crippen LogP contribution is -2.22. The van der Waals surface area contributed by atoms with Gasteiger partial charge in [-0.25, -0.2) is 4.39 Å². The Hall–Kier alpha value is -1.04. The highest BCUT2D eigenvalue weighted by atomic mass is 32.1. The first-order chi connectivity index (χ1) is 8.38. The van der Waals surface area contributed by atoms with Crippen LogP contribution in [-0.2, 0) is 6.54 Å². The van der Waals surface area contributed by atoms with Gasteiger partial charge in [0.2, 0.25) is 0 Å². The summed E-state index contributed by atoms with van der Waals surface area (Å²) in [4.78, 5) is 2.22. The highest BCUT2D eigenvalue weighted by Crippen LogP contribution is 2.11. The minimum absolute atomic E-state index is 0.197. The molecule has 18 heavy (non-hydrogen) atoms. The number of thiocarbonyl (C=S) groups is 1.